The van der Waals surface area contributed by atoms with E-state index < -0.39 is 6.10 Å². The van der Waals surface area contributed by atoms with Crippen molar-refractivity contribution in [2.75, 3.05) is 18.4 Å². The maximum atomic E-state index is 11.6. The van der Waals surface area contributed by atoms with E-state index in [4.69, 9.17) is 11.1 Å². The summed E-state index contributed by atoms with van der Waals surface area (Å²) in [5.41, 5.74) is 9.87. The minimum Gasteiger partial charge on any atom is -0.506 e. The molecule has 0 saturated heterocycles. The maximum absolute atomic E-state index is 11.6. The first-order valence-corrected chi connectivity index (χ1v) is 10.9. The van der Waals surface area contributed by atoms with Gasteiger partial charge >= 0.3 is 0 Å². The zero-order chi connectivity index (χ0) is 24.1. The number of benzene rings is 3. The number of aliphatic hydroxyl groups excluding tert-OH is 1. The van der Waals surface area contributed by atoms with Gasteiger partial charge in [-0.3, -0.25) is 10.2 Å². The minimum atomic E-state index is -0.782. The second-order valence-electron chi connectivity index (χ2n) is 8.07. The Balaban J connectivity index is 1.29. The summed E-state index contributed by atoms with van der Waals surface area (Å²) in [6.45, 7) is 1.03. The van der Waals surface area contributed by atoms with Crippen LogP contribution in [0.15, 0.2) is 77.6 Å². The van der Waals surface area contributed by atoms with Crippen molar-refractivity contribution in [2.24, 2.45) is 5.73 Å². The fourth-order valence-electron chi connectivity index (χ4n) is 3.79. The Bertz CT molecular complexity index is 1350. The largest absolute Gasteiger partial charge is 0.506 e. The molecule has 8 heteroatoms. The molecular formula is C26H27N5O3. The van der Waals surface area contributed by atoms with Crippen LogP contribution in [0.1, 0.15) is 22.8 Å². The number of hydrogen-bond acceptors (Lipinski definition) is 6. The number of fused-ring (bicyclic) bond motifs is 1. The van der Waals surface area contributed by atoms with E-state index in [2.05, 4.69) is 15.6 Å². The molecular weight excluding hydrogens is 430 g/mol. The summed E-state index contributed by atoms with van der Waals surface area (Å²) in [6, 6.07) is 21.6. The van der Waals surface area contributed by atoms with Crippen molar-refractivity contribution in [1.29, 1.82) is 5.41 Å². The third-order valence-electron chi connectivity index (χ3n) is 5.63. The lowest BCUT2D eigenvalue weighted by Crippen LogP contribution is -2.24. The minimum absolute atomic E-state index is 0.0254. The average Bonchev–Trinajstić information content (AvgIpc) is 2.83. The van der Waals surface area contributed by atoms with Crippen LogP contribution < -0.4 is 21.9 Å². The summed E-state index contributed by atoms with van der Waals surface area (Å²) in [5.74, 6) is 0.0208. The normalized spacial score (nSPS) is 11.9. The number of aromatic amines is 1. The number of phenols is 1. The van der Waals surface area contributed by atoms with Gasteiger partial charge < -0.3 is 31.6 Å². The SMILES string of the molecule is N=C(N)c1ccc(Nc2ccc(CCNC[C@H](O)c3ccc(O)c4[nH]c(=O)ccc34)cc2)cc1. The fraction of sp³-hybridized carbons (Fsp3) is 0.154. The first-order valence-electron chi connectivity index (χ1n) is 10.9. The summed E-state index contributed by atoms with van der Waals surface area (Å²) in [7, 11) is 0. The van der Waals surface area contributed by atoms with Gasteiger partial charge in [0.1, 0.15) is 11.6 Å². The maximum Gasteiger partial charge on any atom is 0.248 e. The first-order chi connectivity index (χ1) is 16.4. The number of hydrogen-bond donors (Lipinski definition) is 7. The van der Waals surface area contributed by atoms with Crippen LogP contribution >= 0.6 is 0 Å². The van der Waals surface area contributed by atoms with Crippen LogP contribution in [-0.4, -0.2) is 34.1 Å². The van der Waals surface area contributed by atoms with Gasteiger partial charge in [0.25, 0.3) is 0 Å². The number of aromatic hydroxyl groups is 1. The van der Waals surface area contributed by atoms with E-state index in [1.54, 1.807) is 24.3 Å². The van der Waals surface area contributed by atoms with Gasteiger partial charge in [0.2, 0.25) is 5.56 Å². The number of aromatic nitrogens is 1. The van der Waals surface area contributed by atoms with Gasteiger partial charge in [-0.2, -0.15) is 0 Å². The molecule has 174 valence electrons. The van der Waals surface area contributed by atoms with Crippen molar-refractivity contribution in [3.8, 4) is 5.75 Å². The molecule has 0 unspecified atom stereocenters. The Morgan fingerprint density at radius 1 is 0.971 bits per heavy atom. The van der Waals surface area contributed by atoms with Crippen molar-refractivity contribution in [3.63, 3.8) is 0 Å². The second-order valence-corrected chi connectivity index (χ2v) is 8.07. The molecule has 0 bridgehead atoms. The fourth-order valence-corrected chi connectivity index (χ4v) is 3.79. The van der Waals surface area contributed by atoms with Gasteiger partial charge in [0.15, 0.2) is 0 Å². The van der Waals surface area contributed by atoms with Crippen LogP contribution in [0.4, 0.5) is 11.4 Å². The Morgan fingerprint density at radius 2 is 1.65 bits per heavy atom. The first kappa shape index (κ1) is 23.0. The molecule has 1 heterocycles. The Hall–Kier alpha value is -4.14. The van der Waals surface area contributed by atoms with Crippen LogP contribution in [0.5, 0.6) is 5.75 Å². The van der Waals surface area contributed by atoms with Crippen molar-refractivity contribution < 1.29 is 10.2 Å². The van der Waals surface area contributed by atoms with E-state index in [0.29, 0.717) is 35.1 Å². The van der Waals surface area contributed by atoms with Gasteiger partial charge in [-0.1, -0.05) is 18.2 Å². The lowest BCUT2D eigenvalue weighted by molar-refractivity contribution is 0.176. The van der Waals surface area contributed by atoms with Crippen LogP contribution in [0.25, 0.3) is 10.9 Å². The number of H-pyrrole nitrogens is 1. The molecule has 0 fully saturated rings. The summed E-state index contributed by atoms with van der Waals surface area (Å²) in [5, 5.41) is 35.3. The number of aliphatic hydroxyl groups is 1. The van der Waals surface area contributed by atoms with Crippen molar-refractivity contribution in [3.05, 3.63) is 99.8 Å². The highest BCUT2D eigenvalue weighted by Gasteiger charge is 2.13. The summed E-state index contributed by atoms with van der Waals surface area (Å²) >= 11 is 0. The lowest BCUT2D eigenvalue weighted by Gasteiger charge is -2.15. The zero-order valence-corrected chi connectivity index (χ0v) is 18.5. The summed E-state index contributed by atoms with van der Waals surface area (Å²) in [4.78, 5) is 14.2. The van der Waals surface area contributed by atoms with Crippen LogP contribution in [0.2, 0.25) is 0 Å². The van der Waals surface area contributed by atoms with E-state index in [9.17, 15) is 15.0 Å². The Kier molecular flexibility index (Phi) is 6.91. The highest BCUT2D eigenvalue weighted by molar-refractivity contribution is 5.95. The molecule has 3 aromatic carbocycles. The van der Waals surface area contributed by atoms with Crippen LogP contribution in [0.3, 0.4) is 0 Å². The molecule has 0 spiro atoms. The smallest absolute Gasteiger partial charge is 0.248 e. The number of amidine groups is 1. The van der Waals surface area contributed by atoms with E-state index in [1.165, 1.54) is 12.1 Å². The van der Waals surface area contributed by atoms with Crippen molar-refractivity contribution in [1.82, 2.24) is 10.3 Å². The summed E-state index contributed by atoms with van der Waals surface area (Å²) in [6.07, 6.45) is 0.0132. The number of nitrogen functional groups attached to an aromatic ring is 1. The molecule has 0 aliphatic carbocycles. The average molecular weight is 458 g/mol. The van der Waals surface area contributed by atoms with Gasteiger partial charge in [-0.25, -0.2) is 0 Å². The highest BCUT2D eigenvalue weighted by Crippen LogP contribution is 2.28. The molecule has 0 aliphatic heterocycles. The van der Waals surface area contributed by atoms with Gasteiger partial charge in [0, 0.05) is 34.9 Å². The molecule has 1 atom stereocenters. The number of anilines is 2. The molecule has 4 aromatic rings. The van der Waals surface area contributed by atoms with Crippen molar-refractivity contribution >= 4 is 28.1 Å². The van der Waals surface area contributed by atoms with E-state index in [0.717, 1.165) is 23.4 Å². The number of nitrogens with two attached hydrogens (primary N) is 1. The number of phenolic OH excluding ortho intramolecular Hbond substituents is 1. The van der Waals surface area contributed by atoms with E-state index >= 15 is 0 Å². The molecule has 0 aliphatic rings. The van der Waals surface area contributed by atoms with E-state index in [-0.39, 0.29) is 17.1 Å². The predicted molar refractivity (Wildman–Crippen MR) is 135 cm³/mol. The standard InChI is InChI=1S/C26H27N5O3/c27-26(28)17-3-7-19(8-4-17)30-18-5-1-16(2-6-18)13-14-29-15-23(33)20-9-11-22(32)25-21(20)10-12-24(34)31-25/h1-12,23,29-30,32-33H,13-15H2,(H3,27,28)(H,31,34)/t23-/m0/s1. The van der Waals surface area contributed by atoms with Gasteiger partial charge in [-0.05, 0) is 72.6 Å². The van der Waals surface area contributed by atoms with E-state index in [1.807, 2.05) is 36.4 Å². The molecule has 0 radical (unpaired) electrons. The zero-order valence-electron chi connectivity index (χ0n) is 18.5. The third-order valence-corrected chi connectivity index (χ3v) is 5.63. The monoisotopic (exact) mass is 457 g/mol. The van der Waals surface area contributed by atoms with Gasteiger partial charge in [-0.15, -0.1) is 0 Å². The topological polar surface area (TPSA) is 147 Å². The molecule has 0 amide bonds. The summed E-state index contributed by atoms with van der Waals surface area (Å²) < 4.78 is 0. The number of nitrogens with one attached hydrogen (secondary N) is 4. The highest BCUT2D eigenvalue weighted by atomic mass is 16.3. The Labute approximate surface area is 196 Å². The second kappa shape index (κ2) is 10.2. The molecule has 0 saturated carbocycles. The third kappa shape index (κ3) is 5.43. The quantitative estimate of drug-likeness (QED) is 0.117. The molecule has 8 nitrogen and oxygen atoms in total. The van der Waals surface area contributed by atoms with Crippen LogP contribution in [-0.2, 0) is 6.42 Å². The predicted octanol–water partition coefficient (Wildman–Crippen LogP) is 3.13. The molecule has 4 rings (SSSR count). The van der Waals surface area contributed by atoms with Crippen molar-refractivity contribution in [2.45, 2.75) is 12.5 Å². The molecule has 34 heavy (non-hydrogen) atoms. The number of pyridine rings is 1. The Morgan fingerprint density at radius 3 is 2.32 bits per heavy atom. The lowest BCUT2D eigenvalue weighted by atomic mass is 10.0. The van der Waals surface area contributed by atoms with Crippen LogP contribution in [0, 0.1) is 5.41 Å². The van der Waals surface area contributed by atoms with Gasteiger partial charge in [0.05, 0.1) is 11.6 Å². The molecule has 8 N–H and O–H groups in total. The number of rotatable bonds is 9. The molecule has 1 aromatic heterocycles.